The molecule has 186 valence electrons. The van der Waals surface area contributed by atoms with Crippen LogP contribution in [0.2, 0.25) is 0 Å². The lowest BCUT2D eigenvalue weighted by Gasteiger charge is -2.17. The number of aliphatic hydroxyl groups is 1. The first-order chi connectivity index (χ1) is 16.2. The summed E-state index contributed by atoms with van der Waals surface area (Å²) in [6, 6.07) is 5.79. The molecule has 0 aliphatic heterocycles. The smallest absolute Gasteiger partial charge is 0.391 e. The van der Waals surface area contributed by atoms with Gasteiger partial charge in [0, 0.05) is 11.6 Å². The highest BCUT2D eigenvalue weighted by Gasteiger charge is 2.35. The molecule has 35 heavy (non-hydrogen) atoms. The van der Waals surface area contributed by atoms with Crippen molar-refractivity contribution in [2.24, 2.45) is 0 Å². The molecule has 6 nitrogen and oxygen atoms in total. The zero-order valence-corrected chi connectivity index (χ0v) is 17.7. The van der Waals surface area contributed by atoms with Crippen molar-refractivity contribution in [3.8, 4) is 11.3 Å². The van der Waals surface area contributed by atoms with Crippen molar-refractivity contribution in [2.45, 2.75) is 31.9 Å². The largest absolute Gasteiger partial charge is 0.417 e. The summed E-state index contributed by atoms with van der Waals surface area (Å²) in [4.78, 5) is 25.0. The molecule has 0 fully saturated rings. The Balaban J connectivity index is 2.18. The van der Waals surface area contributed by atoms with E-state index in [4.69, 9.17) is 0 Å². The molecule has 0 saturated carbocycles. The number of aromatic nitrogens is 2. The van der Waals surface area contributed by atoms with Gasteiger partial charge in [-0.2, -0.15) is 31.4 Å². The highest BCUT2D eigenvalue weighted by atomic mass is 19.4. The van der Waals surface area contributed by atoms with Gasteiger partial charge in [-0.1, -0.05) is 18.2 Å². The molecule has 13 heteroatoms. The van der Waals surface area contributed by atoms with Crippen LogP contribution in [0.15, 0.2) is 53.3 Å². The van der Waals surface area contributed by atoms with Crippen LogP contribution in [0.3, 0.4) is 0 Å². The van der Waals surface area contributed by atoms with Crippen LogP contribution in [0.4, 0.5) is 36.4 Å². The lowest BCUT2D eigenvalue weighted by Crippen LogP contribution is -2.29. The first-order valence-electron chi connectivity index (χ1n) is 9.83. The second-order valence-corrected chi connectivity index (χ2v) is 7.47. The number of carbonyl (C=O) groups excluding carboxylic acids is 1. The number of halogens is 7. The van der Waals surface area contributed by atoms with Gasteiger partial charge in [0.25, 0.3) is 11.5 Å². The Bertz CT molecular complexity index is 1310. The number of amides is 1. The normalized spacial score (nSPS) is 12.9. The number of nitrogens with zero attached hydrogens (tertiary/aromatic N) is 2. The summed E-state index contributed by atoms with van der Waals surface area (Å²) in [6.07, 6.45) is -10.9. The topological polar surface area (TPSA) is 84.2 Å². The van der Waals surface area contributed by atoms with Crippen LogP contribution in [-0.2, 0) is 18.9 Å². The molecule has 3 aromatic rings. The van der Waals surface area contributed by atoms with Crippen LogP contribution < -0.4 is 10.9 Å². The maximum absolute atomic E-state index is 14.2. The number of carbonyl (C=O) groups is 1. The molecule has 0 unspecified atom stereocenters. The van der Waals surface area contributed by atoms with Gasteiger partial charge < -0.3 is 10.4 Å². The van der Waals surface area contributed by atoms with Crippen molar-refractivity contribution in [3.63, 3.8) is 0 Å². The summed E-state index contributed by atoms with van der Waals surface area (Å²) in [5.74, 6) is -2.78. The number of benzene rings is 2. The third kappa shape index (κ3) is 5.85. The van der Waals surface area contributed by atoms with Crippen molar-refractivity contribution in [3.05, 3.63) is 81.4 Å². The van der Waals surface area contributed by atoms with Gasteiger partial charge in [0.1, 0.15) is 11.5 Å². The Morgan fingerprint density at radius 2 is 1.71 bits per heavy atom. The van der Waals surface area contributed by atoms with E-state index in [9.17, 15) is 45.4 Å². The standard InChI is InChI=1S/C22H16F7N3O3/c1-11(33)10-32-18(34)9-17(19(31-32)13-4-2-3-5-15(13)22(27,28)29)30-20(35)14-8-12(21(24,25)26)6-7-16(14)23/h2-9,11,33H,10H2,1H3,(H,30,35)/t11-/m0/s1. The van der Waals surface area contributed by atoms with E-state index in [1.807, 2.05) is 5.32 Å². The highest BCUT2D eigenvalue weighted by Crippen LogP contribution is 2.38. The Hall–Kier alpha value is -3.74. The van der Waals surface area contributed by atoms with Gasteiger partial charge in [-0.25, -0.2) is 9.07 Å². The second kappa shape index (κ2) is 9.49. The van der Waals surface area contributed by atoms with Crippen molar-refractivity contribution in [2.75, 3.05) is 5.32 Å². The number of anilines is 1. The van der Waals surface area contributed by atoms with E-state index in [1.54, 1.807) is 0 Å². The van der Waals surface area contributed by atoms with E-state index in [0.29, 0.717) is 22.9 Å². The van der Waals surface area contributed by atoms with E-state index in [0.717, 1.165) is 18.2 Å². The predicted molar refractivity (Wildman–Crippen MR) is 110 cm³/mol. The Morgan fingerprint density at radius 1 is 1.06 bits per heavy atom. The monoisotopic (exact) mass is 503 g/mol. The Kier molecular flexibility index (Phi) is 7.01. The molecular weight excluding hydrogens is 487 g/mol. The number of hydrogen-bond donors (Lipinski definition) is 2. The molecule has 0 saturated heterocycles. The molecule has 0 aliphatic carbocycles. The summed E-state index contributed by atoms with van der Waals surface area (Å²) in [5.41, 5.74) is -6.26. The fourth-order valence-electron chi connectivity index (χ4n) is 3.17. The molecule has 1 amide bonds. The van der Waals surface area contributed by atoms with Gasteiger partial charge in [0.05, 0.1) is 35.0 Å². The third-order valence-electron chi connectivity index (χ3n) is 4.71. The third-order valence-corrected chi connectivity index (χ3v) is 4.71. The molecule has 1 atom stereocenters. The number of hydrogen-bond acceptors (Lipinski definition) is 4. The van der Waals surface area contributed by atoms with Crippen LogP contribution in [0.5, 0.6) is 0 Å². The van der Waals surface area contributed by atoms with Gasteiger partial charge in [-0.15, -0.1) is 0 Å². The summed E-state index contributed by atoms with van der Waals surface area (Å²) < 4.78 is 94.6. The first kappa shape index (κ1) is 25.9. The van der Waals surface area contributed by atoms with Crippen LogP contribution in [0.25, 0.3) is 11.3 Å². The molecule has 2 aromatic carbocycles. The number of nitrogens with one attached hydrogen (secondary N) is 1. The lowest BCUT2D eigenvalue weighted by atomic mass is 10.0. The lowest BCUT2D eigenvalue weighted by molar-refractivity contribution is -0.138. The van der Waals surface area contributed by atoms with E-state index in [1.165, 1.54) is 13.0 Å². The molecule has 0 radical (unpaired) electrons. The van der Waals surface area contributed by atoms with E-state index in [-0.39, 0.29) is 6.07 Å². The zero-order valence-electron chi connectivity index (χ0n) is 17.7. The second-order valence-electron chi connectivity index (χ2n) is 7.47. The van der Waals surface area contributed by atoms with E-state index < -0.39 is 75.9 Å². The minimum Gasteiger partial charge on any atom is -0.391 e. The molecule has 0 bridgehead atoms. The maximum Gasteiger partial charge on any atom is 0.417 e. The summed E-state index contributed by atoms with van der Waals surface area (Å²) in [6.45, 7) is 0.889. The van der Waals surface area contributed by atoms with E-state index in [2.05, 4.69) is 5.10 Å². The Labute approximate surface area is 192 Å². The molecular formula is C22H16F7N3O3. The molecule has 0 spiro atoms. The quantitative estimate of drug-likeness (QED) is 0.494. The van der Waals surface area contributed by atoms with Gasteiger partial charge in [-0.3, -0.25) is 9.59 Å². The van der Waals surface area contributed by atoms with Crippen molar-refractivity contribution >= 4 is 11.6 Å². The molecule has 0 aliphatic rings. The van der Waals surface area contributed by atoms with Gasteiger partial charge in [-0.05, 0) is 31.2 Å². The summed E-state index contributed by atoms with van der Waals surface area (Å²) >= 11 is 0. The average Bonchev–Trinajstić information content (AvgIpc) is 2.74. The average molecular weight is 503 g/mol. The van der Waals surface area contributed by atoms with Crippen molar-refractivity contribution in [1.82, 2.24) is 9.78 Å². The van der Waals surface area contributed by atoms with Gasteiger partial charge >= 0.3 is 12.4 Å². The fourth-order valence-corrected chi connectivity index (χ4v) is 3.17. The number of rotatable bonds is 5. The molecule has 3 rings (SSSR count). The Morgan fingerprint density at radius 3 is 2.31 bits per heavy atom. The van der Waals surface area contributed by atoms with E-state index >= 15 is 0 Å². The van der Waals surface area contributed by atoms with Crippen molar-refractivity contribution in [1.29, 1.82) is 0 Å². The van der Waals surface area contributed by atoms with Crippen molar-refractivity contribution < 1.29 is 40.6 Å². The molecule has 2 N–H and O–H groups in total. The zero-order chi connectivity index (χ0) is 26.1. The molecule has 1 aromatic heterocycles. The van der Waals surface area contributed by atoms with Gasteiger partial charge in [0.2, 0.25) is 0 Å². The first-order valence-corrected chi connectivity index (χ1v) is 9.83. The number of aliphatic hydroxyl groups excluding tert-OH is 1. The SMILES string of the molecule is C[C@H](O)Cn1nc(-c2ccccc2C(F)(F)F)c(NC(=O)c2cc(C(F)(F)F)ccc2F)cc1=O. The van der Waals surface area contributed by atoms with Crippen LogP contribution in [-0.4, -0.2) is 26.9 Å². The number of alkyl halides is 6. The predicted octanol–water partition coefficient (Wildman–Crippen LogP) is 4.72. The van der Waals surface area contributed by atoms with Crippen LogP contribution in [0.1, 0.15) is 28.4 Å². The van der Waals surface area contributed by atoms with Gasteiger partial charge in [0.15, 0.2) is 0 Å². The highest BCUT2D eigenvalue weighted by molar-refractivity contribution is 6.06. The maximum atomic E-state index is 14.2. The molecule has 1 heterocycles. The fraction of sp³-hybridized carbons (Fsp3) is 0.227. The van der Waals surface area contributed by atoms with Crippen LogP contribution in [0, 0.1) is 5.82 Å². The minimum atomic E-state index is -4.90. The summed E-state index contributed by atoms with van der Waals surface area (Å²) in [7, 11) is 0. The summed E-state index contributed by atoms with van der Waals surface area (Å²) in [5, 5.41) is 15.4. The minimum absolute atomic E-state index is 0.232. The van der Waals surface area contributed by atoms with Crippen LogP contribution >= 0.6 is 0 Å².